The van der Waals surface area contributed by atoms with Crippen molar-refractivity contribution >= 4 is 27.5 Å². The molecule has 2 aromatic rings. The molecule has 2 N–H and O–H groups in total. The number of likely N-dealkylation sites (N-methyl/N-ethyl adjacent to an activating group) is 1. The lowest BCUT2D eigenvalue weighted by molar-refractivity contribution is -0.121. The van der Waals surface area contributed by atoms with E-state index in [0.29, 0.717) is 13.0 Å². The van der Waals surface area contributed by atoms with Crippen molar-refractivity contribution in [1.29, 1.82) is 0 Å². The predicted octanol–water partition coefficient (Wildman–Crippen LogP) is 2.73. The highest BCUT2D eigenvalue weighted by atomic mass is 32.1. The number of para-hydroxylation sites is 1. The fourth-order valence-electron chi connectivity index (χ4n) is 2.14. The number of amides is 1. The van der Waals surface area contributed by atoms with Crippen molar-refractivity contribution in [2.75, 3.05) is 19.6 Å². The number of carbonyl (C=O) groups excluding carboxylic acids is 1. The van der Waals surface area contributed by atoms with E-state index < -0.39 is 0 Å². The molecule has 0 aliphatic carbocycles. The number of nitrogens with zero attached hydrogens (tertiary/aromatic N) is 1. The molecule has 0 radical (unpaired) electrons. The first-order chi connectivity index (χ1) is 10.3. The van der Waals surface area contributed by atoms with Crippen LogP contribution in [0.3, 0.4) is 0 Å². The van der Waals surface area contributed by atoms with Gasteiger partial charge in [0.05, 0.1) is 15.2 Å². The quantitative estimate of drug-likeness (QED) is 0.700. The van der Waals surface area contributed by atoms with Gasteiger partial charge in [0.15, 0.2) is 0 Å². The number of benzene rings is 1. The Morgan fingerprint density at radius 2 is 2.10 bits per heavy atom. The molecule has 4 nitrogen and oxygen atoms in total. The summed E-state index contributed by atoms with van der Waals surface area (Å²) in [4.78, 5) is 16.2. The van der Waals surface area contributed by atoms with E-state index in [0.717, 1.165) is 37.9 Å². The van der Waals surface area contributed by atoms with Crippen molar-refractivity contribution in [2.45, 2.75) is 32.6 Å². The number of thiazole rings is 1. The Kier molecular flexibility index (Phi) is 6.63. The van der Waals surface area contributed by atoms with Crippen molar-refractivity contribution < 1.29 is 4.79 Å². The first-order valence-corrected chi connectivity index (χ1v) is 8.43. The van der Waals surface area contributed by atoms with Crippen LogP contribution >= 0.6 is 11.3 Å². The summed E-state index contributed by atoms with van der Waals surface area (Å²) in [5.74, 6) is 0.150. The third-order valence-corrected chi connectivity index (χ3v) is 4.35. The maximum Gasteiger partial charge on any atom is 0.220 e. The normalized spacial score (nSPS) is 10.9. The third-order valence-electron chi connectivity index (χ3n) is 3.26. The first-order valence-electron chi connectivity index (χ1n) is 7.61. The number of hydrogen-bond acceptors (Lipinski definition) is 4. The van der Waals surface area contributed by atoms with Crippen LogP contribution in [0.4, 0.5) is 0 Å². The van der Waals surface area contributed by atoms with E-state index >= 15 is 0 Å². The van der Waals surface area contributed by atoms with E-state index in [1.165, 1.54) is 9.71 Å². The number of nitrogens with one attached hydrogen (secondary N) is 2. The van der Waals surface area contributed by atoms with Gasteiger partial charge < -0.3 is 10.6 Å². The van der Waals surface area contributed by atoms with Gasteiger partial charge in [0.2, 0.25) is 5.91 Å². The van der Waals surface area contributed by atoms with Gasteiger partial charge in [-0.2, -0.15) is 0 Å². The van der Waals surface area contributed by atoms with Gasteiger partial charge in [0.25, 0.3) is 0 Å². The van der Waals surface area contributed by atoms with Gasteiger partial charge in [-0.05, 0) is 37.9 Å². The Labute approximate surface area is 130 Å². The van der Waals surface area contributed by atoms with Crippen LogP contribution in [0, 0.1) is 0 Å². The van der Waals surface area contributed by atoms with Crippen LogP contribution in [0.25, 0.3) is 10.2 Å². The number of fused-ring (bicyclic) bond motifs is 1. The van der Waals surface area contributed by atoms with E-state index in [1.54, 1.807) is 11.3 Å². The fourth-order valence-corrected chi connectivity index (χ4v) is 3.15. The van der Waals surface area contributed by atoms with Gasteiger partial charge in [0.1, 0.15) is 0 Å². The van der Waals surface area contributed by atoms with Gasteiger partial charge in [0, 0.05) is 19.5 Å². The summed E-state index contributed by atoms with van der Waals surface area (Å²) >= 11 is 1.76. The highest BCUT2D eigenvalue weighted by Crippen LogP contribution is 2.22. The summed E-state index contributed by atoms with van der Waals surface area (Å²) in [6.45, 7) is 4.56. The summed E-state index contributed by atoms with van der Waals surface area (Å²) in [6, 6.07) is 8.22. The Morgan fingerprint density at radius 3 is 2.90 bits per heavy atom. The summed E-state index contributed by atoms with van der Waals surface area (Å²) in [5.41, 5.74) is 1.08. The van der Waals surface area contributed by atoms with Crippen molar-refractivity contribution in [2.24, 2.45) is 0 Å². The number of aromatic nitrogens is 1. The lowest BCUT2D eigenvalue weighted by Crippen LogP contribution is -2.31. The Hall–Kier alpha value is -1.46. The molecule has 1 aromatic heterocycles. The molecule has 1 heterocycles. The zero-order chi connectivity index (χ0) is 14.9. The smallest absolute Gasteiger partial charge is 0.220 e. The van der Waals surface area contributed by atoms with Gasteiger partial charge in [-0.3, -0.25) is 4.79 Å². The van der Waals surface area contributed by atoms with Crippen LogP contribution < -0.4 is 10.6 Å². The van der Waals surface area contributed by atoms with Gasteiger partial charge in [-0.1, -0.05) is 19.1 Å². The SMILES string of the molecule is CCNCCNC(=O)CCCCc1nc2ccccc2s1. The molecule has 5 heteroatoms. The molecule has 0 saturated heterocycles. The molecule has 21 heavy (non-hydrogen) atoms. The maximum atomic E-state index is 11.6. The Bertz CT molecular complexity index is 534. The highest BCUT2D eigenvalue weighted by molar-refractivity contribution is 7.18. The molecule has 0 bridgehead atoms. The van der Waals surface area contributed by atoms with Crippen LogP contribution in [0.1, 0.15) is 31.2 Å². The second-order valence-electron chi connectivity index (χ2n) is 4.99. The largest absolute Gasteiger partial charge is 0.355 e. The van der Waals surface area contributed by atoms with Crippen molar-refractivity contribution in [3.8, 4) is 0 Å². The molecule has 0 saturated carbocycles. The molecule has 0 spiro atoms. The molecule has 2 rings (SSSR count). The first kappa shape index (κ1) is 15.9. The van der Waals surface area contributed by atoms with Crippen LogP contribution in [-0.2, 0) is 11.2 Å². The molecular weight excluding hydrogens is 282 g/mol. The maximum absolute atomic E-state index is 11.6. The molecular formula is C16H23N3OS. The van der Waals surface area contributed by atoms with Crippen LogP contribution in [0.15, 0.2) is 24.3 Å². The number of carbonyl (C=O) groups is 1. The van der Waals surface area contributed by atoms with Gasteiger partial charge >= 0.3 is 0 Å². The average molecular weight is 305 g/mol. The zero-order valence-electron chi connectivity index (χ0n) is 12.5. The minimum atomic E-state index is 0.150. The molecule has 1 aromatic carbocycles. The van der Waals surface area contributed by atoms with Crippen molar-refractivity contribution in [3.05, 3.63) is 29.3 Å². The number of rotatable bonds is 9. The molecule has 0 aliphatic rings. The predicted molar refractivity (Wildman–Crippen MR) is 88.7 cm³/mol. The monoisotopic (exact) mass is 305 g/mol. The zero-order valence-corrected chi connectivity index (χ0v) is 13.3. The lowest BCUT2D eigenvalue weighted by atomic mass is 10.2. The minimum absolute atomic E-state index is 0.150. The van der Waals surface area contributed by atoms with E-state index in [4.69, 9.17) is 0 Å². The molecule has 1 amide bonds. The average Bonchev–Trinajstić information content (AvgIpc) is 2.91. The van der Waals surface area contributed by atoms with Gasteiger partial charge in [-0.25, -0.2) is 4.98 Å². The Morgan fingerprint density at radius 1 is 1.24 bits per heavy atom. The molecule has 114 valence electrons. The molecule has 0 fully saturated rings. The van der Waals surface area contributed by atoms with E-state index in [2.05, 4.69) is 28.6 Å². The number of unbranched alkanes of at least 4 members (excludes halogenated alkanes) is 1. The lowest BCUT2D eigenvalue weighted by Gasteiger charge is -2.05. The standard InChI is InChI=1S/C16H23N3OS/c1-2-17-11-12-18-15(20)9-5-6-10-16-19-13-7-3-4-8-14(13)21-16/h3-4,7-8,17H,2,5-6,9-12H2,1H3,(H,18,20). The van der Waals surface area contributed by atoms with E-state index in [-0.39, 0.29) is 5.91 Å². The highest BCUT2D eigenvalue weighted by Gasteiger charge is 2.04. The summed E-state index contributed by atoms with van der Waals surface area (Å²) in [7, 11) is 0. The van der Waals surface area contributed by atoms with Crippen molar-refractivity contribution in [3.63, 3.8) is 0 Å². The molecule has 0 aliphatic heterocycles. The summed E-state index contributed by atoms with van der Waals surface area (Å²) < 4.78 is 1.24. The fraction of sp³-hybridized carbons (Fsp3) is 0.500. The van der Waals surface area contributed by atoms with Crippen molar-refractivity contribution in [1.82, 2.24) is 15.6 Å². The molecule has 0 atom stereocenters. The van der Waals surface area contributed by atoms with Gasteiger partial charge in [-0.15, -0.1) is 11.3 Å². The second-order valence-corrected chi connectivity index (χ2v) is 6.10. The summed E-state index contributed by atoms with van der Waals surface area (Å²) in [6.07, 6.45) is 3.50. The minimum Gasteiger partial charge on any atom is -0.355 e. The summed E-state index contributed by atoms with van der Waals surface area (Å²) in [5, 5.41) is 7.28. The third kappa shape index (κ3) is 5.44. The second kappa shape index (κ2) is 8.74. The van der Waals surface area contributed by atoms with Crippen LogP contribution in [0.2, 0.25) is 0 Å². The van der Waals surface area contributed by atoms with Crippen LogP contribution in [0.5, 0.6) is 0 Å². The Balaban J connectivity index is 1.62. The van der Waals surface area contributed by atoms with Crippen LogP contribution in [-0.4, -0.2) is 30.5 Å². The topological polar surface area (TPSA) is 54.0 Å². The van der Waals surface area contributed by atoms with E-state index in [9.17, 15) is 4.79 Å². The number of hydrogen-bond donors (Lipinski definition) is 2. The number of aryl methyl sites for hydroxylation is 1. The molecule has 0 unspecified atom stereocenters. The van der Waals surface area contributed by atoms with E-state index in [1.807, 2.05) is 18.2 Å².